The molecule has 54 heavy (non-hydrogen) atoms. The number of benzene rings is 2. The van der Waals surface area contributed by atoms with E-state index in [1.54, 1.807) is 31.6 Å². The molecular weight excluding hydrogens is 745 g/mol. The second kappa shape index (κ2) is 17.6. The second-order valence-corrected chi connectivity index (χ2v) is 13.4. The van der Waals surface area contributed by atoms with Crippen molar-refractivity contribution in [2.45, 2.75) is 38.2 Å². The van der Waals surface area contributed by atoms with E-state index < -0.39 is 17.5 Å². The molecule has 17 nitrogen and oxygen atoms in total. The average Bonchev–Trinajstić information content (AvgIpc) is 3.93. The highest BCUT2D eigenvalue weighted by Gasteiger charge is 2.45. The Morgan fingerprint density at radius 3 is 2.54 bits per heavy atom. The number of nitrogen functional groups attached to an aromatic ring is 1. The van der Waals surface area contributed by atoms with Crippen LogP contribution in [0.1, 0.15) is 12.5 Å². The van der Waals surface area contributed by atoms with Gasteiger partial charge in [-0.3, -0.25) is 19.1 Å². The molecule has 3 aromatic heterocycles. The molecule has 0 bridgehead atoms. The third-order valence-electron chi connectivity index (χ3n) is 8.86. The standard InChI is InChI=1S/C26H28Cl2N4O4.C9H13N5O4/c1-19(33)31-10-12-32(13-11-31)21-3-5-22(6-4-21)34-15-23-16-35-26(36-23,17-30-9-8-29-18-30)24-7-2-20(27)14-25(24)28;10-9-12-7-6(8(17)13-9)11-3-14(7)4-18-5(1-15)2-16/h2-9,14,18,23H,10-13,15-17H2,1H3;3,5,15-16H,1-2,4H2,(H3,10,12,13,17)/t23-,26-;/m0./s1. The van der Waals surface area contributed by atoms with Crippen LogP contribution in [0, 0.1) is 0 Å². The maximum absolute atomic E-state index is 11.6. The average molecular weight is 787 g/mol. The van der Waals surface area contributed by atoms with E-state index in [1.165, 1.54) is 10.9 Å². The Morgan fingerprint density at radius 1 is 1.11 bits per heavy atom. The number of anilines is 2. The van der Waals surface area contributed by atoms with E-state index in [0.29, 0.717) is 35.4 Å². The summed E-state index contributed by atoms with van der Waals surface area (Å²) in [6, 6.07) is 13.3. The largest absolute Gasteiger partial charge is 0.491 e. The minimum atomic E-state index is -1.08. The molecule has 2 aromatic carbocycles. The zero-order chi connectivity index (χ0) is 38.2. The molecule has 1 amide bonds. The number of H-pyrrole nitrogens is 1. The normalized spacial score (nSPS) is 18.6. The molecule has 5 N–H and O–H groups in total. The molecule has 288 valence electrons. The number of nitrogens with zero attached hydrogens (tertiary/aromatic N) is 7. The van der Waals surface area contributed by atoms with Gasteiger partial charge in [-0.25, -0.2) is 9.97 Å². The highest BCUT2D eigenvalue weighted by Crippen LogP contribution is 2.40. The number of carbonyl (C=O) groups is 1. The van der Waals surface area contributed by atoms with Crippen LogP contribution in [0.5, 0.6) is 5.75 Å². The number of aromatic nitrogens is 6. The number of piperazine rings is 1. The lowest BCUT2D eigenvalue weighted by Crippen LogP contribution is -2.48. The van der Waals surface area contributed by atoms with E-state index in [2.05, 4.69) is 24.8 Å². The van der Waals surface area contributed by atoms with Gasteiger partial charge in [-0.15, -0.1) is 0 Å². The van der Waals surface area contributed by atoms with Gasteiger partial charge >= 0.3 is 0 Å². The van der Waals surface area contributed by atoms with Crippen molar-refractivity contribution in [1.82, 2.24) is 34.0 Å². The summed E-state index contributed by atoms with van der Waals surface area (Å²) in [4.78, 5) is 41.5. The van der Waals surface area contributed by atoms with E-state index in [9.17, 15) is 9.59 Å². The molecule has 2 fully saturated rings. The summed E-state index contributed by atoms with van der Waals surface area (Å²) in [7, 11) is 0. The van der Waals surface area contributed by atoms with E-state index >= 15 is 0 Å². The number of hydrogen-bond donors (Lipinski definition) is 4. The van der Waals surface area contributed by atoms with Crippen LogP contribution in [0.3, 0.4) is 0 Å². The lowest BCUT2D eigenvalue weighted by molar-refractivity contribution is -0.189. The number of amides is 1. The maximum atomic E-state index is 11.6. The number of aromatic amines is 1. The van der Waals surface area contributed by atoms with Crippen LogP contribution in [0.15, 0.2) is 72.3 Å². The van der Waals surface area contributed by atoms with Crippen molar-refractivity contribution in [2.75, 3.05) is 63.2 Å². The van der Waals surface area contributed by atoms with Crippen LogP contribution in [-0.4, -0.2) is 115 Å². The van der Waals surface area contributed by atoms with Gasteiger partial charge in [-0.2, -0.15) is 4.98 Å². The van der Waals surface area contributed by atoms with Crippen LogP contribution < -0.4 is 20.9 Å². The summed E-state index contributed by atoms with van der Waals surface area (Å²) in [5.74, 6) is -0.220. The van der Waals surface area contributed by atoms with Crippen molar-refractivity contribution in [1.29, 1.82) is 0 Å². The number of aliphatic hydroxyl groups is 2. The minimum Gasteiger partial charge on any atom is -0.491 e. The van der Waals surface area contributed by atoms with Crippen LogP contribution in [-0.2, 0) is 38.1 Å². The van der Waals surface area contributed by atoms with Gasteiger partial charge < -0.3 is 49.3 Å². The summed E-state index contributed by atoms with van der Waals surface area (Å²) in [5.41, 5.74) is 7.25. The Labute approximate surface area is 319 Å². The summed E-state index contributed by atoms with van der Waals surface area (Å²) in [5, 5.41) is 18.7. The first-order chi connectivity index (χ1) is 26.1. The molecule has 2 aliphatic heterocycles. The number of hydrogen-bond acceptors (Lipinski definition) is 13. The third-order valence-corrected chi connectivity index (χ3v) is 9.41. The lowest BCUT2D eigenvalue weighted by atomic mass is 10.1. The number of halogens is 2. The molecule has 7 rings (SSSR count). The second-order valence-electron chi connectivity index (χ2n) is 12.6. The molecule has 2 saturated heterocycles. The first kappa shape index (κ1) is 39.0. The number of aliphatic hydroxyl groups excluding tert-OH is 2. The number of fused-ring (bicyclic) bond motifs is 1. The van der Waals surface area contributed by atoms with Crippen LogP contribution in [0.25, 0.3) is 11.2 Å². The Kier molecular flexibility index (Phi) is 12.7. The highest BCUT2D eigenvalue weighted by molar-refractivity contribution is 6.35. The van der Waals surface area contributed by atoms with Crippen molar-refractivity contribution in [3.63, 3.8) is 0 Å². The predicted molar refractivity (Wildman–Crippen MR) is 199 cm³/mol. The van der Waals surface area contributed by atoms with Crippen LogP contribution in [0.2, 0.25) is 10.0 Å². The number of rotatable bonds is 12. The molecule has 5 heterocycles. The van der Waals surface area contributed by atoms with Gasteiger partial charge in [0, 0.05) is 61.8 Å². The summed E-state index contributed by atoms with van der Waals surface area (Å²) in [6.07, 6.45) is 5.66. The fourth-order valence-electron chi connectivity index (χ4n) is 6.01. The summed E-state index contributed by atoms with van der Waals surface area (Å²) >= 11 is 12.7. The summed E-state index contributed by atoms with van der Waals surface area (Å²) < 4.78 is 27.3. The lowest BCUT2D eigenvalue weighted by Gasteiger charge is -2.35. The van der Waals surface area contributed by atoms with Gasteiger partial charge in [0.15, 0.2) is 11.2 Å². The molecule has 0 unspecified atom stereocenters. The van der Waals surface area contributed by atoms with Gasteiger partial charge in [-0.1, -0.05) is 29.3 Å². The molecule has 0 spiro atoms. The van der Waals surface area contributed by atoms with Crippen molar-refractivity contribution in [3.8, 4) is 5.75 Å². The highest BCUT2D eigenvalue weighted by atomic mass is 35.5. The van der Waals surface area contributed by atoms with E-state index in [1.807, 2.05) is 46.0 Å². The minimum absolute atomic E-state index is 0.00181. The topological polar surface area (TPSA) is 208 Å². The number of ether oxygens (including phenoxy) is 4. The van der Waals surface area contributed by atoms with Crippen molar-refractivity contribution >= 4 is 51.9 Å². The third kappa shape index (κ3) is 9.30. The number of nitrogens with two attached hydrogens (primary N) is 1. The predicted octanol–water partition coefficient (Wildman–Crippen LogP) is 2.23. The molecule has 2 atom stereocenters. The zero-order valence-corrected chi connectivity index (χ0v) is 30.9. The van der Waals surface area contributed by atoms with Gasteiger partial charge in [0.2, 0.25) is 17.6 Å². The van der Waals surface area contributed by atoms with Gasteiger partial charge in [-0.05, 0) is 36.4 Å². The van der Waals surface area contributed by atoms with Crippen molar-refractivity contribution in [3.05, 3.63) is 93.5 Å². The number of carbonyl (C=O) groups excluding carboxylic acids is 1. The summed E-state index contributed by atoms with van der Waals surface area (Å²) in [6.45, 7) is 5.19. The maximum Gasteiger partial charge on any atom is 0.280 e. The quantitative estimate of drug-likeness (QED) is 0.143. The Morgan fingerprint density at radius 2 is 1.87 bits per heavy atom. The van der Waals surface area contributed by atoms with Gasteiger partial charge in [0.1, 0.15) is 31.3 Å². The fourth-order valence-corrected chi connectivity index (χ4v) is 6.56. The van der Waals surface area contributed by atoms with Gasteiger partial charge in [0.05, 0.1) is 44.0 Å². The Hall–Kier alpha value is -4.75. The molecule has 0 radical (unpaired) electrons. The Bertz CT molecular complexity index is 2050. The van der Waals surface area contributed by atoms with Crippen molar-refractivity contribution in [2.24, 2.45) is 0 Å². The molecule has 2 aliphatic rings. The molecule has 19 heteroatoms. The number of imidazole rings is 2. The molecule has 5 aromatic rings. The first-order valence-electron chi connectivity index (χ1n) is 17.1. The SMILES string of the molecule is CC(=O)N1CCN(c2ccc(OC[C@H]3CO[C@](Cn4ccnc4)(c4ccc(Cl)cc4Cl)O3)cc2)CC1.Nc1nc2c(ncn2COC(CO)CO)c(=O)[nH]1. The molecule has 0 aliphatic carbocycles. The zero-order valence-electron chi connectivity index (χ0n) is 29.4. The van der Waals surface area contributed by atoms with E-state index in [-0.39, 0.29) is 49.1 Å². The monoisotopic (exact) mass is 785 g/mol. The van der Waals surface area contributed by atoms with Crippen molar-refractivity contribution < 1.29 is 34.0 Å². The van der Waals surface area contributed by atoms with Gasteiger partial charge in [0.25, 0.3) is 5.56 Å². The smallest absolute Gasteiger partial charge is 0.280 e. The fraction of sp³-hybridized carbons (Fsp3) is 0.400. The Balaban J connectivity index is 0.000000232. The first-order valence-corrected chi connectivity index (χ1v) is 17.8. The number of nitrogens with one attached hydrogen (secondary N) is 1. The van der Waals surface area contributed by atoms with Crippen LogP contribution >= 0.6 is 23.2 Å². The van der Waals surface area contributed by atoms with Crippen LogP contribution in [0.4, 0.5) is 11.6 Å². The van der Waals surface area contributed by atoms with E-state index in [4.69, 9.17) is 58.1 Å². The van der Waals surface area contributed by atoms with E-state index in [0.717, 1.165) is 37.6 Å². The molecular formula is C35H41Cl2N9O8. The molecule has 0 saturated carbocycles.